The SMILES string of the molecule is CCCC1CC1CCC(CC)C(C)C(C)CC. The second-order valence-corrected chi connectivity index (χ2v) is 6.53. The van der Waals surface area contributed by atoms with E-state index in [1.807, 2.05) is 0 Å². The van der Waals surface area contributed by atoms with Crippen LogP contribution in [0.1, 0.15) is 79.6 Å². The summed E-state index contributed by atoms with van der Waals surface area (Å²) in [5, 5.41) is 0. The molecule has 0 aromatic heterocycles. The van der Waals surface area contributed by atoms with E-state index < -0.39 is 0 Å². The molecule has 0 aromatic carbocycles. The average molecular weight is 238 g/mol. The molecule has 0 spiro atoms. The highest BCUT2D eigenvalue weighted by molar-refractivity contribution is 4.86. The molecule has 0 aliphatic heterocycles. The van der Waals surface area contributed by atoms with Gasteiger partial charge in [0.1, 0.15) is 0 Å². The van der Waals surface area contributed by atoms with Crippen LogP contribution in [0.2, 0.25) is 0 Å². The molecule has 0 N–H and O–H groups in total. The van der Waals surface area contributed by atoms with Crippen LogP contribution in [-0.4, -0.2) is 0 Å². The highest BCUT2D eigenvalue weighted by Gasteiger charge is 2.36. The van der Waals surface area contributed by atoms with Crippen LogP contribution in [0.3, 0.4) is 0 Å². The van der Waals surface area contributed by atoms with Crippen LogP contribution in [-0.2, 0) is 0 Å². The Morgan fingerprint density at radius 1 is 0.941 bits per heavy atom. The minimum atomic E-state index is 0.908. The Balaban J connectivity index is 2.23. The van der Waals surface area contributed by atoms with Gasteiger partial charge in [-0.3, -0.25) is 0 Å². The third-order valence-electron chi connectivity index (χ3n) is 5.45. The van der Waals surface area contributed by atoms with Crippen LogP contribution in [0.5, 0.6) is 0 Å². The minimum Gasteiger partial charge on any atom is -0.0654 e. The third-order valence-corrected chi connectivity index (χ3v) is 5.45. The fourth-order valence-electron chi connectivity index (χ4n) is 3.49. The summed E-state index contributed by atoms with van der Waals surface area (Å²) in [7, 11) is 0. The maximum Gasteiger partial charge on any atom is -0.0383 e. The van der Waals surface area contributed by atoms with E-state index in [2.05, 4.69) is 34.6 Å². The van der Waals surface area contributed by atoms with E-state index in [0.717, 1.165) is 29.6 Å². The van der Waals surface area contributed by atoms with Crippen molar-refractivity contribution in [2.24, 2.45) is 29.6 Å². The van der Waals surface area contributed by atoms with Crippen molar-refractivity contribution in [3.05, 3.63) is 0 Å². The summed E-state index contributed by atoms with van der Waals surface area (Å²) in [5.41, 5.74) is 0. The van der Waals surface area contributed by atoms with Crippen molar-refractivity contribution >= 4 is 0 Å². The molecule has 1 saturated carbocycles. The van der Waals surface area contributed by atoms with E-state index in [1.54, 1.807) is 6.42 Å². The van der Waals surface area contributed by atoms with Crippen LogP contribution in [0.4, 0.5) is 0 Å². The van der Waals surface area contributed by atoms with Gasteiger partial charge in [0.05, 0.1) is 0 Å². The molecule has 1 aliphatic rings. The summed E-state index contributed by atoms with van der Waals surface area (Å²) < 4.78 is 0. The van der Waals surface area contributed by atoms with E-state index >= 15 is 0 Å². The molecule has 1 rings (SSSR count). The minimum absolute atomic E-state index is 0.908. The fourth-order valence-corrected chi connectivity index (χ4v) is 3.49. The summed E-state index contributed by atoms with van der Waals surface area (Å²) in [5.74, 6) is 5.02. The molecular weight excluding hydrogens is 204 g/mol. The molecule has 0 aromatic rings. The lowest BCUT2D eigenvalue weighted by atomic mass is 9.78. The largest absolute Gasteiger partial charge is 0.0654 e. The molecule has 17 heavy (non-hydrogen) atoms. The Hall–Kier alpha value is 0. The fraction of sp³-hybridized carbons (Fsp3) is 1.00. The maximum absolute atomic E-state index is 2.48. The van der Waals surface area contributed by atoms with Crippen molar-refractivity contribution in [3.63, 3.8) is 0 Å². The van der Waals surface area contributed by atoms with Gasteiger partial charge in [-0.25, -0.2) is 0 Å². The molecule has 0 heterocycles. The Kier molecular flexibility index (Phi) is 6.59. The van der Waals surface area contributed by atoms with E-state index in [1.165, 1.54) is 38.5 Å². The molecular formula is C17H34. The molecule has 5 unspecified atom stereocenters. The van der Waals surface area contributed by atoms with Crippen molar-refractivity contribution in [2.45, 2.75) is 79.6 Å². The molecule has 1 aliphatic carbocycles. The van der Waals surface area contributed by atoms with E-state index in [0.29, 0.717) is 0 Å². The van der Waals surface area contributed by atoms with Gasteiger partial charge in [-0.15, -0.1) is 0 Å². The Morgan fingerprint density at radius 2 is 1.59 bits per heavy atom. The summed E-state index contributed by atoms with van der Waals surface area (Å²) in [6.07, 6.45) is 10.2. The first-order chi connectivity index (χ1) is 8.13. The molecule has 0 nitrogen and oxygen atoms in total. The molecule has 0 amide bonds. The lowest BCUT2D eigenvalue weighted by Gasteiger charge is -2.27. The number of hydrogen-bond donors (Lipinski definition) is 0. The molecule has 0 saturated heterocycles. The number of rotatable bonds is 9. The normalized spacial score (nSPS) is 28.8. The summed E-state index contributed by atoms with van der Waals surface area (Å²) in [4.78, 5) is 0. The standard InChI is InChI=1S/C17H34/c1-6-9-16-12-17(16)11-10-15(8-3)14(5)13(4)7-2/h13-17H,6-12H2,1-5H3. The van der Waals surface area contributed by atoms with Crippen molar-refractivity contribution in [2.75, 3.05) is 0 Å². The van der Waals surface area contributed by atoms with Gasteiger partial charge in [0.15, 0.2) is 0 Å². The molecule has 0 bridgehead atoms. The van der Waals surface area contributed by atoms with Gasteiger partial charge in [-0.05, 0) is 48.9 Å². The molecule has 0 heteroatoms. The Morgan fingerprint density at radius 3 is 2.12 bits per heavy atom. The zero-order valence-electron chi connectivity index (χ0n) is 12.8. The van der Waals surface area contributed by atoms with Crippen LogP contribution in [0.25, 0.3) is 0 Å². The Labute approximate surface area is 110 Å². The lowest BCUT2D eigenvalue weighted by molar-refractivity contribution is 0.229. The molecule has 0 radical (unpaired) electrons. The predicted octanol–water partition coefficient (Wildman–Crippen LogP) is 5.91. The second kappa shape index (κ2) is 7.44. The molecule has 102 valence electrons. The van der Waals surface area contributed by atoms with Crippen LogP contribution >= 0.6 is 0 Å². The van der Waals surface area contributed by atoms with Crippen LogP contribution in [0, 0.1) is 29.6 Å². The van der Waals surface area contributed by atoms with Gasteiger partial charge >= 0.3 is 0 Å². The summed E-state index contributed by atoms with van der Waals surface area (Å²) >= 11 is 0. The summed E-state index contributed by atoms with van der Waals surface area (Å²) in [6, 6.07) is 0. The van der Waals surface area contributed by atoms with Gasteiger partial charge in [-0.2, -0.15) is 0 Å². The first-order valence-electron chi connectivity index (χ1n) is 8.13. The second-order valence-electron chi connectivity index (χ2n) is 6.53. The lowest BCUT2D eigenvalue weighted by Crippen LogP contribution is -2.18. The zero-order chi connectivity index (χ0) is 12.8. The van der Waals surface area contributed by atoms with Gasteiger partial charge in [0.2, 0.25) is 0 Å². The topological polar surface area (TPSA) is 0 Å². The first-order valence-corrected chi connectivity index (χ1v) is 8.13. The average Bonchev–Trinajstić information content (AvgIpc) is 3.07. The van der Waals surface area contributed by atoms with Gasteiger partial charge < -0.3 is 0 Å². The van der Waals surface area contributed by atoms with E-state index in [4.69, 9.17) is 0 Å². The van der Waals surface area contributed by atoms with Crippen LogP contribution in [0.15, 0.2) is 0 Å². The van der Waals surface area contributed by atoms with E-state index in [9.17, 15) is 0 Å². The molecule has 5 atom stereocenters. The van der Waals surface area contributed by atoms with Gasteiger partial charge in [-0.1, -0.05) is 60.3 Å². The quantitative estimate of drug-likeness (QED) is 0.468. The van der Waals surface area contributed by atoms with Crippen LogP contribution < -0.4 is 0 Å². The zero-order valence-corrected chi connectivity index (χ0v) is 12.8. The smallest absolute Gasteiger partial charge is 0.0383 e. The third kappa shape index (κ3) is 4.64. The van der Waals surface area contributed by atoms with Crippen molar-refractivity contribution in [1.82, 2.24) is 0 Å². The predicted molar refractivity (Wildman–Crippen MR) is 78.1 cm³/mol. The van der Waals surface area contributed by atoms with Gasteiger partial charge in [0, 0.05) is 0 Å². The van der Waals surface area contributed by atoms with Crippen molar-refractivity contribution in [3.8, 4) is 0 Å². The summed E-state index contributed by atoms with van der Waals surface area (Å²) in [6.45, 7) is 12.0. The first kappa shape index (κ1) is 15.1. The van der Waals surface area contributed by atoms with E-state index in [-0.39, 0.29) is 0 Å². The Bertz CT molecular complexity index is 196. The highest BCUT2D eigenvalue weighted by Crippen LogP contribution is 2.46. The maximum atomic E-state index is 2.48. The highest BCUT2D eigenvalue weighted by atomic mass is 14.4. The van der Waals surface area contributed by atoms with Crippen molar-refractivity contribution in [1.29, 1.82) is 0 Å². The number of hydrogen-bond acceptors (Lipinski definition) is 0. The monoisotopic (exact) mass is 238 g/mol. The van der Waals surface area contributed by atoms with Gasteiger partial charge in [0.25, 0.3) is 0 Å². The van der Waals surface area contributed by atoms with Crippen molar-refractivity contribution < 1.29 is 0 Å². The molecule has 1 fully saturated rings.